The maximum absolute atomic E-state index is 11.6. The number of nitrogens with one attached hydrogen (secondary N) is 1. The molecule has 0 aliphatic heterocycles. The maximum Gasteiger partial charge on any atom is 0.326 e. The number of thiazole rings is 1. The average molecular weight is 256 g/mol. The van der Waals surface area contributed by atoms with Crippen LogP contribution < -0.4 is 5.32 Å². The van der Waals surface area contributed by atoms with Crippen LogP contribution in [0, 0.1) is 5.92 Å². The molecule has 5 nitrogen and oxygen atoms in total. The van der Waals surface area contributed by atoms with Crippen LogP contribution in [0.1, 0.15) is 26.0 Å². The van der Waals surface area contributed by atoms with Crippen molar-refractivity contribution in [1.82, 2.24) is 10.3 Å². The molecule has 1 heterocycles. The molecule has 0 bridgehead atoms. The molecule has 2 N–H and O–H groups in total. The van der Waals surface area contributed by atoms with E-state index in [0.717, 1.165) is 5.69 Å². The van der Waals surface area contributed by atoms with Crippen LogP contribution in [0.25, 0.3) is 0 Å². The third-order valence-electron chi connectivity index (χ3n) is 2.34. The maximum atomic E-state index is 11.6. The van der Waals surface area contributed by atoms with Crippen molar-refractivity contribution in [1.29, 1.82) is 0 Å². The normalized spacial score (nSPS) is 12.4. The number of nitrogens with zero attached hydrogens (tertiary/aromatic N) is 1. The fourth-order valence-electron chi connectivity index (χ4n) is 1.36. The number of rotatable bonds is 6. The smallest absolute Gasteiger partial charge is 0.326 e. The number of amides is 1. The molecule has 0 saturated heterocycles. The van der Waals surface area contributed by atoms with Gasteiger partial charge in [0, 0.05) is 11.8 Å². The van der Waals surface area contributed by atoms with Gasteiger partial charge < -0.3 is 10.4 Å². The summed E-state index contributed by atoms with van der Waals surface area (Å²) in [5.74, 6) is -1.38. The number of carbonyl (C=O) groups is 2. The van der Waals surface area contributed by atoms with Gasteiger partial charge in [-0.2, -0.15) is 0 Å². The zero-order valence-electron chi connectivity index (χ0n) is 9.84. The first-order chi connectivity index (χ1) is 8.00. The zero-order chi connectivity index (χ0) is 12.8. The second-order valence-corrected chi connectivity index (χ2v) is 4.83. The Labute approximate surface area is 104 Å². The molecule has 0 aliphatic rings. The number of aromatic nitrogens is 1. The van der Waals surface area contributed by atoms with E-state index >= 15 is 0 Å². The van der Waals surface area contributed by atoms with Crippen LogP contribution in [-0.4, -0.2) is 28.0 Å². The Bertz CT molecular complexity index is 376. The molecule has 1 aromatic rings. The van der Waals surface area contributed by atoms with Gasteiger partial charge >= 0.3 is 5.97 Å². The van der Waals surface area contributed by atoms with Gasteiger partial charge in [0.15, 0.2) is 0 Å². The summed E-state index contributed by atoms with van der Waals surface area (Å²) < 4.78 is 0. The largest absolute Gasteiger partial charge is 0.480 e. The first-order valence-electron chi connectivity index (χ1n) is 5.40. The van der Waals surface area contributed by atoms with Gasteiger partial charge in [-0.1, -0.05) is 13.8 Å². The van der Waals surface area contributed by atoms with Crippen LogP contribution in [-0.2, 0) is 16.0 Å². The van der Waals surface area contributed by atoms with E-state index in [1.807, 2.05) is 5.38 Å². The highest BCUT2D eigenvalue weighted by Gasteiger charge is 2.23. The quantitative estimate of drug-likeness (QED) is 0.804. The van der Waals surface area contributed by atoms with Gasteiger partial charge in [-0.25, -0.2) is 9.78 Å². The number of carbonyl (C=O) groups excluding carboxylic acids is 1. The summed E-state index contributed by atoms with van der Waals surface area (Å²) in [6.07, 6.45) is 0.806. The zero-order valence-corrected chi connectivity index (χ0v) is 10.7. The van der Waals surface area contributed by atoms with Crippen molar-refractivity contribution < 1.29 is 14.7 Å². The van der Waals surface area contributed by atoms with Gasteiger partial charge in [0.1, 0.15) is 6.04 Å². The molecule has 0 fully saturated rings. The number of aliphatic carboxylic acids is 1. The molecular weight excluding hydrogens is 240 g/mol. The van der Waals surface area contributed by atoms with Gasteiger partial charge in [0.05, 0.1) is 11.2 Å². The van der Waals surface area contributed by atoms with Crippen LogP contribution in [0.15, 0.2) is 10.9 Å². The molecule has 0 aliphatic carbocycles. The highest BCUT2D eigenvalue weighted by Crippen LogP contribution is 2.05. The molecule has 0 radical (unpaired) electrons. The van der Waals surface area contributed by atoms with E-state index in [9.17, 15) is 9.59 Å². The van der Waals surface area contributed by atoms with Crippen LogP contribution in [0.5, 0.6) is 0 Å². The molecule has 0 saturated carbocycles. The monoisotopic (exact) mass is 256 g/mol. The fraction of sp³-hybridized carbons (Fsp3) is 0.545. The molecule has 6 heteroatoms. The SMILES string of the molecule is CC(C)[C@H](NC(=O)CCc1cscn1)C(=O)O. The predicted octanol–water partition coefficient (Wildman–Crippen LogP) is 1.30. The van der Waals surface area contributed by atoms with Crippen molar-refractivity contribution in [2.45, 2.75) is 32.7 Å². The van der Waals surface area contributed by atoms with Gasteiger partial charge in [-0.15, -0.1) is 11.3 Å². The van der Waals surface area contributed by atoms with E-state index in [-0.39, 0.29) is 18.2 Å². The standard InChI is InChI=1S/C11H16N2O3S/c1-7(2)10(11(15)16)13-9(14)4-3-8-5-17-6-12-8/h5-7,10H,3-4H2,1-2H3,(H,13,14)(H,15,16)/t10-/m0/s1. The Morgan fingerprint density at radius 1 is 1.53 bits per heavy atom. The lowest BCUT2D eigenvalue weighted by Crippen LogP contribution is -2.44. The Balaban J connectivity index is 2.40. The minimum absolute atomic E-state index is 0.129. The van der Waals surface area contributed by atoms with Crippen molar-refractivity contribution in [3.05, 3.63) is 16.6 Å². The first-order valence-corrected chi connectivity index (χ1v) is 6.34. The van der Waals surface area contributed by atoms with E-state index in [1.54, 1.807) is 19.4 Å². The van der Waals surface area contributed by atoms with Crippen molar-refractivity contribution in [3.8, 4) is 0 Å². The predicted molar refractivity (Wildman–Crippen MR) is 64.8 cm³/mol. The van der Waals surface area contributed by atoms with Crippen molar-refractivity contribution in [2.24, 2.45) is 5.92 Å². The third-order valence-corrected chi connectivity index (χ3v) is 2.98. The second kappa shape index (κ2) is 6.34. The minimum atomic E-state index is -0.998. The van der Waals surface area contributed by atoms with Gasteiger partial charge in [-0.05, 0) is 12.3 Å². The summed E-state index contributed by atoms with van der Waals surface area (Å²) in [5.41, 5.74) is 2.57. The Hall–Kier alpha value is -1.43. The lowest BCUT2D eigenvalue weighted by atomic mass is 10.0. The van der Waals surface area contributed by atoms with E-state index in [0.29, 0.717) is 6.42 Å². The van der Waals surface area contributed by atoms with E-state index in [4.69, 9.17) is 5.11 Å². The summed E-state index contributed by atoms with van der Waals surface area (Å²) in [4.78, 5) is 26.5. The molecule has 1 amide bonds. The first kappa shape index (κ1) is 13.6. The summed E-state index contributed by atoms with van der Waals surface area (Å²) in [7, 11) is 0. The summed E-state index contributed by atoms with van der Waals surface area (Å²) >= 11 is 1.48. The number of hydrogen-bond donors (Lipinski definition) is 2. The molecular formula is C11H16N2O3S. The topological polar surface area (TPSA) is 79.3 Å². The van der Waals surface area contributed by atoms with Crippen molar-refractivity contribution in [3.63, 3.8) is 0 Å². The Morgan fingerprint density at radius 2 is 2.24 bits per heavy atom. The minimum Gasteiger partial charge on any atom is -0.480 e. The fourth-order valence-corrected chi connectivity index (χ4v) is 1.95. The third kappa shape index (κ3) is 4.52. The molecule has 1 aromatic heterocycles. The van der Waals surface area contributed by atoms with Crippen LogP contribution >= 0.6 is 11.3 Å². The summed E-state index contributed by atoms with van der Waals surface area (Å²) in [5, 5.41) is 13.3. The van der Waals surface area contributed by atoms with Gasteiger partial charge in [0.2, 0.25) is 5.91 Å². The van der Waals surface area contributed by atoms with E-state index in [2.05, 4.69) is 10.3 Å². The van der Waals surface area contributed by atoms with Gasteiger partial charge in [0.25, 0.3) is 0 Å². The number of hydrogen-bond acceptors (Lipinski definition) is 4. The highest BCUT2D eigenvalue weighted by atomic mass is 32.1. The number of aryl methyl sites for hydroxylation is 1. The molecule has 0 aromatic carbocycles. The Morgan fingerprint density at radius 3 is 2.71 bits per heavy atom. The molecule has 0 spiro atoms. The highest BCUT2D eigenvalue weighted by molar-refractivity contribution is 7.07. The average Bonchev–Trinajstić information content (AvgIpc) is 2.74. The molecule has 1 atom stereocenters. The lowest BCUT2D eigenvalue weighted by molar-refractivity contribution is -0.143. The van der Waals surface area contributed by atoms with E-state index in [1.165, 1.54) is 11.3 Å². The molecule has 94 valence electrons. The second-order valence-electron chi connectivity index (χ2n) is 4.11. The van der Waals surface area contributed by atoms with Crippen molar-refractivity contribution >= 4 is 23.2 Å². The van der Waals surface area contributed by atoms with Gasteiger partial charge in [-0.3, -0.25) is 4.79 Å². The van der Waals surface area contributed by atoms with Crippen LogP contribution in [0.3, 0.4) is 0 Å². The van der Waals surface area contributed by atoms with E-state index < -0.39 is 12.0 Å². The summed E-state index contributed by atoms with van der Waals surface area (Å²) in [6.45, 7) is 3.53. The lowest BCUT2D eigenvalue weighted by Gasteiger charge is -2.17. The van der Waals surface area contributed by atoms with Crippen molar-refractivity contribution in [2.75, 3.05) is 0 Å². The molecule has 17 heavy (non-hydrogen) atoms. The number of carboxylic acids is 1. The number of carboxylic acid groups (broad SMARTS) is 1. The Kier molecular flexibility index (Phi) is 5.09. The van der Waals surface area contributed by atoms with Crippen LogP contribution in [0.2, 0.25) is 0 Å². The summed E-state index contributed by atoms with van der Waals surface area (Å²) in [6, 6.07) is -0.821. The van der Waals surface area contributed by atoms with Crippen LogP contribution in [0.4, 0.5) is 0 Å². The molecule has 0 unspecified atom stereocenters. The molecule has 1 rings (SSSR count).